The fraction of sp³-hybridized carbons (Fsp3) is 0.231. The van der Waals surface area contributed by atoms with Crippen molar-refractivity contribution >= 4 is 38.3 Å². The number of nitrogens with two attached hydrogens (primary N) is 1. The van der Waals surface area contributed by atoms with Gasteiger partial charge in [-0.25, -0.2) is 4.98 Å². The maximum absolute atomic E-state index is 11.9. The molecule has 0 saturated carbocycles. The molecule has 0 unspecified atom stereocenters. The summed E-state index contributed by atoms with van der Waals surface area (Å²) in [5, 5.41) is 5.24. The van der Waals surface area contributed by atoms with E-state index < -0.39 is 0 Å². The van der Waals surface area contributed by atoms with Crippen LogP contribution in [0.5, 0.6) is 0 Å². The van der Waals surface area contributed by atoms with Crippen LogP contribution in [0.25, 0.3) is 0 Å². The first-order chi connectivity index (χ1) is 9.04. The largest absolute Gasteiger partial charge is 0.375 e. The standard InChI is InChI=1S/C13H14BrN3OS/c1-8(9-2-4-10(14)5-3-9)16-12(18)6-11-7-19-13(15)17-11/h2-5,7-8H,6H2,1H3,(H2,15,17)(H,16,18)/t8-/m0/s1. The van der Waals surface area contributed by atoms with E-state index in [2.05, 4.69) is 26.2 Å². The van der Waals surface area contributed by atoms with E-state index in [1.165, 1.54) is 11.3 Å². The summed E-state index contributed by atoms with van der Waals surface area (Å²) in [4.78, 5) is 15.9. The molecule has 0 aliphatic carbocycles. The van der Waals surface area contributed by atoms with Gasteiger partial charge < -0.3 is 11.1 Å². The minimum atomic E-state index is -0.0549. The minimum Gasteiger partial charge on any atom is -0.375 e. The molecule has 6 heteroatoms. The van der Waals surface area contributed by atoms with Crippen LogP contribution in [0.3, 0.4) is 0 Å². The molecule has 0 bridgehead atoms. The van der Waals surface area contributed by atoms with Gasteiger partial charge in [-0.1, -0.05) is 28.1 Å². The van der Waals surface area contributed by atoms with Gasteiger partial charge in [-0.3, -0.25) is 4.79 Å². The molecule has 1 aromatic carbocycles. The lowest BCUT2D eigenvalue weighted by Crippen LogP contribution is -2.28. The van der Waals surface area contributed by atoms with E-state index in [1.807, 2.05) is 31.2 Å². The maximum atomic E-state index is 11.9. The molecule has 3 N–H and O–H groups in total. The molecular formula is C13H14BrN3OS. The van der Waals surface area contributed by atoms with Gasteiger partial charge in [0.05, 0.1) is 18.2 Å². The van der Waals surface area contributed by atoms with Gasteiger partial charge in [0.15, 0.2) is 5.13 Å². The fourth-order valence-electron chi connectivity index (χ4n) is 1.70. The lowest BCUT2D eigenvalue weighted by atomic mass is 10.1. The van der Waals surface area contributed by atoms with E-state index in [0.29, 0.717) is 10.8 Å². The van der Waals surface area contributed by atoms with Crippen LogP contribution >= 0.6 is 27.3 Å². The number of halogens is 1. The Morgan fingerprint density at radius 2 is 2.16 bits per heavy atom. The molecule has 4 nitrogen and oxygen atoms in total. The number of carbonyl (C=O) groups is 1. The molecule has 0 aliphatic heterocycles. The number of anilines is 1. The Morgan fingerprint density at radius 1 is 1.47 bits per heavy atom. The fourth-order valence-corrected chi connectivity index (χ4v) is 2.52. The third kappa shape index (κ3) is 4.04. The number of benzene rings is 1. The summed E-state index contributed by atoms with van der Waals surface area (Å²) in [5.74, 6) is -0.0549. The van der Waals surface area contributed by atoms with Crippen molar-refractivity contribution in [2.75, 3.05) is 5.73 Å². The Balaban J connectivity index is 1.93. The van der Waals surface area contributed by atoms with E-state index in [0.717, 1.165) is 10.0 Å². The predicted octanol–water partition coefficient (Wildman–Crippen LogP) is 2.91. The highest BCUT2D eigenvalue weighted by Crippen LogP contribution is 2.17. The van der Waals surface area contributed by atoms with Crippen LogP contribution in [0.15, 0.2) is 34.1 Å². The highest BCUT2D eigenvalue weighted by molar-refractivity contribution is 9.10. The van der Waals surface area contributed by atoms with Gasteiger partial charge >= 0.3 is 0 Å². The molecule has 1 heterocycles. The minimum absolute atomic E-state index is 0.0309. The summed E-state index contributed by atoms with van der Waals surface area (Å²) < 4.78 is 1.02. The molecule has 0 spiro atoms. The van der Waals surface area contributed by atoms with Crippen LogP contribution in [0, 0.1) is 0 Å². The molecule has 2 aromatic rings. The van der Waals surface area contributed by atoms with Crippen molar-refractivity contribution in [2.24, 2.45) is 0 Å². The SMILES string of the molecule is C[C@H](NC(=O)Cc1csc(N)n1)c1ccc(Br)cc1. The van der Waals surface area contributed by atoms with Gasteiger partial charge in [-0.2, -0.15) is 0 Å². The number of nitrogens with one attached hydrogen (secondary N) is 1. The topological polar surface area (TPSA) is 68.0 Å². The zero-order chi connectivity index (χ0) is 13.8. The Hall–Kier alpha value is -1.40. The van der Waals surface area contributed by atoms with Crippen LogP contribution < -0.4 is 11.1 Å². The number of nitrogen functional groups attached to an aromatic ring is 1. The third-order valence-corrected chi connectivity index (χ3v) is 3.91. The van der Waals surface area contributed by atoms with Gasteiger partial charge in [0.1, 0.15) is 0 Å². The second kappa shape index (κ2) is 6.16. The van der Waals surface area contributed by atoms with Crippen molar-refractivity contribution in [3.05, 3.63) is 45.4 Å². The average Bonchev–Trinajstić information content (AvgIpc) is 2.75. The molecule has 0 aliphatic rings. The Bertz CT molecular complexity index is 568. The zero-order valence-corrected chi connectivity index (χ0v) is 12.8. The van der Waals surface area contributed by atoms with Crippen LogP contribution in [-0.2, 0) is 11.2 Å². The van der Waals surface area contributed by atoms with E-state index in [-0.39, 0.29) is 18.4 Å². The second-order valence-electron chi connectivity index (χ2n) is 4.19. The first kappa shape index (κ1) is 14.0. The number of carbonyl (C=O) groups excluding carboxylic acids is 1. The van der Waals surface area contributed by atoms with Crippen LogP contribution in [0.4, 0.5) is 5.13 Å². The monoisotopic (exact) mass is 339 g/mol. The highest BCUT2D eigenvalue weighted by atomic mass is 79.9. The molecule has 2 rings (SSSR count). The van der Waals surface area contributed by atoms with Crippen molar-refractivity contribution in [1.29, 1.82) is 0 Å². The summed E-state index contributed by atoms with van der Waals surface area (Å²) in [6.07, 6.45) is 0.259. The van der Waals surface area contributed by atoms with Crippen LogP contribution in [0.1, 0.15) is 24.2 Å². The molecule has 100 valence electrons. The third-order valence-electron chi connectivity index (χ3n) is 2.66. The predicted molar refractivity (Wildman–Crippen MR) is 80.9 cm³/mol. The van der Waals surface area contributed by atoms with Gasteiger partial charge in [-0.15, -0.1) is 11.3 Å². The molecule has 1 aromatic heterocycles. The zero-order valence-electron chi connectivity index (χ0n) is 10.4. The smallest absolute Gasteiger partial charge is 0.226 e. The molecule has 1 atom stereocenters. The number of thiazole rings is 1. The molecular weight excluding hydrogens is 326 g/mol. The van der Waals surface area contributed by atoms with E-state index in [1.54, 1.807) is 5.38 Å². The van der Waals surface area contributed by atoms with Crippen molar-refractivity contribution in [3.63, 3.8) is 0 Å². The maximum Gasteiger partial charge on any atom is 0.226 e. The lowest BCUT2D eigenvalue weighted by Gasteiger charge is -2.14. The summed E-state index contributed by atoms with van der Waals surface area (Å²) >= 11 is 4.73. The van der Waals surface area contributed by atoms with Crippen LogP contribution in [-0.4, -0.2) is 10.9 Å². The van der Waals surface area contributed by atoms with E-state index in [4.69, 9.17) is 5.73 Å². The summed E-state index contributed by atoms with van der Waals surface area (Å²) in [6, 6.07) is 7.85. The first-order valence-corrected chi connectivity index (χ1v) is 7.46. The number of aromatic nitrogens is 1. The first-order valence-electron chi connectivity index (χ1n) is 5.79. The van der Waals surface area contributed by atoms with Gasteiger partial charge in [0, 0.05) is 9.85 Å². The van der Waals surface area contributed by atoms with Crippen molar-refractivity contribution < 1.29 is 4.79 Å². The quantitative estimate of drug-likeness (QED) is 0.899. The number of hydrogen-bond donors (Lipinski definition) is 2. The molecule has 0 saturated heterocycles. The van der Waals surface area contributed by atoms with Crippen molar-refractivity contribution in [1.82, 2.24) is 10.3 Å². The van der Waals surface area contributed by atoms with Crippen LogP contribution in [0.2, 0.25) is 0 Å². The number of rotatable bonds is 4. The summed E-state index contributed by atoms with van der Waals surface area (Å²) in [6.45, 7) is 1.95. The molecule has 0 fully saturated rings. The number of amides is 1. The molecule has 19 heavy (non-hydrogen) atoms. The van der Waals surface area contributed by atoms with E-state index in [9.17, 15) is 4.79 Å². The number of hydrogen-bond acceptors (Lipinski definition) is 4. The lowest BCUT2D eigenvalue weighted by molar-refractivity contribution is -0.121. The van der Waals surface area contributed by atoms with Gasteiger partial charge in [0.25, 0.3) is 0 Å². The van der Waals surface area contributed by atoms with Crippen molar-refractivity contribution in [3.8, 4) is 0 Å². The van der Waals surface area contributed by atoms with Gasteiger partial charge in [0.2, 0.25) is 5.91 Å². The highest BCUT2D eigenvalue weighted by Gasteiger charge is 2.11. The second-order valence-corrected chi connectivity index (χ2v) is 6.00. The van der Waals surface area contributed by atoms with Gasteiger partial charge in [-0.05, 0) is 24.6 Å². The molecule has 1 amide bonds. The normalized spacial score (nSPS) is 12.1. The summed E-state index contributed by atoms with van der Waals surface area (Å²) in [5.41, 5.74) is 7.31. The molecule has 0 radical (unpaired) electrons. The number of nitrogens with zero attached hydrogens (tertiary/aromatic N) is 1. The average molecular weight is 340 g/mol. The van der Waals surface area contributed by atoms with E-state index >= 15 is 0 Å². The Kier molecular flexibility index (Phi) is 4.55. The summed E-state index contributed by atoms with van der Waals surface area (Å²) in [7, 11) is 0. The Morgan fingerprint density at radius 3 is 2.74 bits per heavy atom. The van der Waals surface area contributed by atoms with Crippen molar-refractivity contribution in [2.45, 2.75) is 19.4 Å². The Labute approximate surface area is 124 Å².